The predicted octanol–water partition coefficient (Wildman–Crippen LogP) is -5.95. The zero-order valence-electron chi connectivity index (χ0n) is 15.1. The van der Waals surface area contributed by atoms with Crippen molar-refractivity contribution < 1.29 is 73.7 Å². The minimum atomic E-state index is -2.32. The van der Waals surface area contributed by atoms with Crippen LogP contribution in [0.5, 0.6) is 0 Å². The maximum atomic E-state index is 11.5. The molecule has 0 bridgehead atoms. The second-order valence-corrected chi connectivity index (χ2v) is 7.74. The third-order valence-electron chi connectivity index (χ3n) is 3.93. The maximum absolute atomic E-state index is 11.5. The number of aliphatic carboxylic acids is 1. The number of hydrogen-bond acceptors (Lipinski definition) is 12. The van der Waals surface area contributed by atoms with Crippen LogP contribution in [0.4, 0.5) is 0 Å². The molecule has 1 rings (SSSR count). The molecule has 1 fully saturated rings. The first kappa shape index (κ1) is 26.2. The van der Waals surface area contributed by atoms with Gasteiger partial charge in [-0.2, -0.15) is 0 Å². The normalized spacial score (nSPS) is 30.3. The number of carboxylic acids is 1. The minimum absolute atomic E-state index is 0.277. The van der Waals surface area contributed by atoms with E-state index in [1.54, 1.807) is 7.11 Å². The molecule has 14 heteroatoms. The molecule has 0 radical (unpaired) electrons. The Morgan fingerprint density at radius 2 is 2.04 bits per heavy atom. The molecule has 6 N–H and O–H groups in total. The van der Waals surface area contributed by atoms with Gasteiger partial charge >= 0.3 is 179 Å². The average Bonchev–Trinajstić information content (AvgIpc) is 2.69. The molecule has 1 aliphatic rings. The van der Waals surface area contributed by atoms with Crippen LogP contribution in [0.25, 0.3) is 0 Å². The SMILES string of the molecule is COCCOCCO[I-]N[C@@H]1C(O)C[C@](OS)(C(=O)O)OC1[C@H](O)[C@H](O)CO. The Kier molecular flexibility index (Phi) is 12.6. The molecule has 0 aromatic rings. The van der Waals surface area contributed by atoms with Crippen LogP contribution in [-0.4, -0.2) is 108 Å². The van der Waals surface area contributed by atoms with Gasteiger partial charge in [-0.25, -0.2) is 0 Å². The Hall–Kier alpha value is 0.150. The summed E-state index contributed by atoms with van der Waals surface area (Å²) in [4.78, 5) is 11.5. The number of ether oxygens (including phenoxy) is 3. The summed E-state index contributed by atoms with van der Waals surface area (Å²) in [6.07, 6.45) is -6.56. The van der Waals surface area contributed by atoms with Gasteiger partial charge in [-0.15, -0.1) is 0 Å². The molecule has 0 aromatic carbocycles. The van der Waals surface area contributed by atoms with Crippen molar-refractivity contribution in [3.05, 3.63) is 0 Å². The predicted molar refractivity (Wildman–Crippen MR) is 90.6 cm³/mol. The summed E-state index contributed by atoms with van der Waals surface area (Å²) in [6, 6.07) is -0.977. The Morgan fingerprint density at radius 1 is 1.36 bits per heavy atom. The zero-order valence-corrected chi connectivity index (χ0v) is 18.2. The van der Waals surface area contributed by atoms with E-state index in [4.69, 9.17) is 22.4 Å². The second kappa shape index (κ2) is 13.5. The summed E-state index contributed by atoms with van der Waals surface area (Å²) in [5, 5.41) is 48.8. The van der Waals surface area contributed by atoms with Gasteiger partial charge in [0, 0.05) is 0 Å². The summed E-state index contributed by atoms with van der Waals surface area (Å²) in [5.41, 5.74) is 0. The van der Waals surface area contributed by atoms with Crippen molar-refractivity contribution in [3.8, 4) is 0 Å². The molecular formula is C14H27INO11S-. The molecule has 0 aromatic heterocycles. The van der Waals surface area contributed by atoms with E-state index in [9.17, 15) is 25.2 Å². The third kappa shape index (κ3) is 7.44. The van der Waals surface area contributed by atoms with Crippen LogP contribution in [0.3, 0.4) is 0 Å². The number of methoxy groups -OCH3 is 1. The number of carbonyl (C=O) groups is 1. The monoisotopic (exact) mass is 544 g/mol. The Bertz CT molecular complexity index is 465. The fourth-order valence-corrected chi connectivity index (χ4v) is 4.24. The van der Waals surface area contributed by atoms with Gasteiger partial charge in [0.15, 0.2) is 0 Å². The summed E-state index contributed by atoms with van der Waals surface area (Å²) in [7, 11) is 1.56. The molecule has 28 heavy (non-hydrogen) atoms. The number of thiol groups is 1. The van der Waals surface area contributed by atoms with E-state index in [2.05, 4.69) is 20.6 Å². The molecule has 168 valence electrons. The molecule has 0 aliphatic carbocycles. The number of halogens is 1. The van der Waals surface area contributed by atoms with Crippen molar-refractivity contribution in [2.75, 3.05) is 40.1 Å². The van der Waals surface area contributed by atoms with Gasteiger partial charge < -0.3 is 0 Å². The first-order chi connectivity index (χ1) is 13.3. The van der Waals surface area contributed by atoms with Crippen molar-refractivity contribution in [1.29, 1.82) is 0 Å². The molecule has 1 saturated heterocycles. The topological polar surface area (TPSA) is 176 Å². The van der Waals surface area contributed by atoms with Gasteiger partial charge in [-0.3, -0.25) is 0 Å². The standard InChI is InChI=1S/C14H27INO11S/c1-23-2-3-24-4-5-25-15-16-10-8(18)6-14(27-28,13(21)22)26-12(10)11(20)9(19)7-17/h8-12,16-20,28H,2-7H2,1H3,(H,21,22)/q-1/t8?,9-,10-,11-,12?,14+/m1/s1. The van der Waals surface area contributed by atoms with Crippen molar-refractivity contribution in [3.63, 3.8) is 0 Å². The second-order valence-electron chi connectivity index (χ2n) is 5.87. The number of aliphatic hydroxyl groups is 4. The average molecular weight is 544 g/mol. The van der Waals surface area contributed by atoms with Crippen LogP contribution < -0.4 is 25.4 Å². The van der Waals surface area contributed by atoms with E-state index < -0.39 is 77.1 Å². The van der Waals surface area contributed by atoms with E-state index >= 15 is 0 Å². The molecule has 0 spiro atoms. The van der Waals surface area contributed by atoms with E-state index in [0.29, 0.717) is 19.8 Å². The molecule has 1 heterocycles. The molecule has 12 nitrogen and oxygen atoms in total. The van der Waals surface area contributed by atoms with Gasteiger partial charge in [0.25, 0.3) is 0 Å². The summed E-state index contributed by atoms with van der Waals surface area (Å²) in [6.45, 7) is 0.702. The van der Waals surface area contributed by atoms with Crippen LogP contribution in [0.1, 0.15) is 6.42 Å². The third-order valence-corrected chi connectivity index (χ3v) is 5.95. The van der Waals surface area contributed by atoms with Gasteiger partial charge in [-0.05, 0) is 0 Å². The van der Waals surface area contributed by atoms with E-state index in [0.717, 1.165) is 0 Å². The molecule has 1 aliphatic heterocycles. The summed E-state index contributed by atoms with van der Waals surface area (Å²) < 4.78 is 28.4. The Balaban J connectivity index is 2.69. The fourth-order valence-electron chi connectivity index (χ4n) is 2.40. The van der Waals surface area contributed by atoms with E-state index in [1.165, 1.54) is 0 Å². The van der Waals surface area contributed by atoms with Gasteiger partial charge in [0.1, 0.15) is 0 Å². The van der Waals surface area contributed by atoms with Crippen LogP contribution in [0.15, 0.2) is 0 Å². The molecule has 0 amide bonds. The van der Waals surface area contributed by atoms with Gasteiger partial charge in [0.05, 0.1) is 0 Å². The number of hydrogen-bond donors (Lipinski definition) is 7. The van der Waals surface area contributed by atoms with Gasteiger partial charge in [0.2, 0.25) is 0 Å². The van der Waals surface area contributed by atoms with Crippen molar-refractivity contribution in [2.45, 2.75) is 42.7 Å². The van der Waals surface area contributed by atoms with Crippen LogP contribution >= 0.6 is 12.9 Å². The van der Waals surface area contributed by atoms with Crippen molar-refractivity contribution >= 4 is 18.9 Å². The first-order valence-electron chi connectivity index (χ1n) is 8.29. The van der Waals surface area contributed by atoms with Crippen molar-refractivity contribution in [1.82, 2.24) is 3.53 Å². The quantitative estimate of drug-likeness (QED) is 0.0363. The number of carboxylic acid groups (broad SMARTS) is 1. The molecule has 6 atom stereocenters. The summed E-state index contributed by atoms with van der Waals surface area (Å²) in [5.74, 6) is -3.88. The Labute approximate surface area is 178 Å². The zero-order chi connectivity index (χ0) is 21.2. The summed E-state index contributed by atoms with van der Waals surface area (Å²) >= 11 is 2.36. The molecule has 2 unspecified atom stereocenters. The molecule has 0 saturated carbocycles. The van der Waals surface area contributed by atoms with E-state index in [-0.39, 0.29) is 6.61 Å². The van der Waals surface area contributed by atoms with Crippen molar-refractivity contribution in [2.24, 2.45) is 0 Å². The number of nitrogens with one attached hydrogen (secondary N) is 1. The van der Waals surface area contributed by atoms with Gasteiger partial charge in [-0.1, -0.05) is 0 Å². The van der Waals surface area contributed by atoms with Crippen LogP contribution in [0.2, 0.25) is 0 Å². The Morgan fingerprint density at radius 3 is 2.61 bits per heavy atom. The number of rotatable bonds is 14. The van der Waals surface area contributed by atoms with E-state index in [1.807, 2.05) is 0 Å². The van der Waals surface area contributed by atoms with Crippen LogP contribution in [0, 0.1) is 0 Å². The van der Waals surface area contributed by atoms with Crippen LogP contribution in [-0.2, 0) is 26.3 Å². The molecular weight excluding hydrogens is 517 g/mol. The fraction of sp³-hybridized carbons (Fsp3) is 0.929. The first-order valence-corrected chi connectivity index (χ1v) is 10.6. The number of aliphatic hydroxyl groups excluding tert-OH is 4.